The molecule has 0 radical (unpaired) electrons. The molecule has 2 aliphatic rings. The fourth-order valence-corrected chi connectivity index (χ4v) is 4.59. The molecular weight excluding hydrogens is 452 g/mol. The Bertz CT molecular complexity index is 930. The van der Waals surface area contributed by atoms with E-state index in [1.54, 1.807) is 6.20 Å². The highest BCUT2D eigenvalue weighted by atomic mass is 35.5. The van der Waals surface area contributed by atoms with Gasteiger partial charge >= 0.3 is 0 Å². The Morgan fingerprint density at radius 1 is 1.06 bits per heavy atom. The quantitative estimate of drug-likeness (QED) is 0.498. The maximum atomic E-state index is 12.3. The largest absolute Gasteiger partial charge is 0.492 e. The van der Waals surface area contributed by atoms with Crippen LogP contribution < -0.4 is 20.1 Å². The van der Waals surface area contributed by atoms with Crippen LogP contribution in [0.3, 0.4) is 0 Å². The first-order valence-corrected chi connectivity index (χ1v) is 12.8. The second-order valence-electron chi connectivity index (χ2n) is 9.00. The molecule has 0 atom stereocenters. The summed E-state index contributed by atoms with van der Waals surface area (Å²) in [5.74, 6) is 2.15. The number of pyridine rings is 1. The number of ether oxygens (including phenoxy) is 2. The molecule has 1 aliphatic heterocycles. The maximum Gasteiger partial charge on any atom is 0.253 e. The molecule has 1 aliphatic carbocycles. The highest BCUT2D eigenvalue weighted by Crippen LogP contribution is 2.36. The molecule has 7 nitrogen and oxygen atoms in total. The van der Waals surface area contributed by atoms with Gasteiger partial charge in [0.2, 0.25) is 0 Å². The van der Waals surface area contributed by atoms with Crippen molar-refractivity contribution in [3.63, 3.8) is 0 Å². The molecule has 184 valence electrons. The minimum absolute atomic E-state index is 0.0285. The number of benzene rings is 1. The van der Waals surface area contributed by atoms with Gasteiger partial charge in [-0.1, -0.05) is 11.6 Å². The molecule has 1 saturated heterocycles. The number of rotatable bonds is 10. The van der Waals surface area contributed by atoms with Crippen molar-refractivity contribution < 1.29 is 14.3 Å². The lowest BCUT2D eigenvalue weighted by atomic mass is 9.93. The third kappa shape index (κ3) is 6.33. The minimum atomic E-state index is -0.0285. The summed E-state index contributed by atoms with van der Waals surface area (Å²) in [6.45, 7) is 7.82. The Kier molecular flexibility index (Phi) is 8.51. The van der Waals surface area contributed by atoms with Crippen LogP contribution in [0.2, 0.25) is 5.02 Å². The van der Waals surface area contributed by atoms with Crippen LogP contribution in [0.15, 0.2) is 30.5 Å². The van der Waals surface area contributed by atoms with E-state index in [-0.39, 0.29) is 5.91 Å². The van der Waals surface area contributed by atoms with Gasteiger partial charge in [0.1, 0.15) is 22.3 Å². The van der Waals surface area contributed by atoms with Crippen LogP contribution in [0.25, 0.3) is 0 Å². The van der Waals surface area contributed by atoms with E-state index in [0.717, 1.165) is 56.7 Å². The molecule has 2 aromatic rings. The SMILES string of the molecule is CCOc1cc(CN2CCC(Nc3ccc(C(=O)NC4CCC4)cn3)CC2)cc(OCC)c1Cl. The van der Waals surface area contributed by atoms with Gasteiger partial charge in [-0.25, -0.2) is 4.98 Å². The predicted molar refractivity (Wildman–Crippen MR) is 135 cm³/mol. The van der Waals surface area contributed by atoms with E-state index in [4.69, 9.17) is 21.1 Å². The molecule has 1 saturated carbocycles. The van der Waals surface area contributed by atoms with Gasteiger partial charge in [-0.2, -0.15) is 0 Å². The number of likely N-dealkylation sites (tertiary alicyclic amines) is 1. The summed E-state index contributed by atoms with van der Waals surface area (Å²) in [5.41, 5.74) is 1.76. The van der Waals surface area contributed by atoms with Crippen LogP contribution in [-0.2, 0) is 6.54 Å². The second-order valence-corrected chi connectivity index (χ2v) is 9.38. The molecule has 0 unspecified atom stereocenters. The number of aromatic nitrogens is 1. The van der Waals surface area contributed by atoms with Crippen molar-refractivity contribution >= 4 is 23.3 Å². The van der Waals surface area contributed by atoms with Gasteiger partial charge < -0.3 is 20.1 Å². The zero-order valence-electron chi connectivity index (χ0n) is 20.1. The average Bonchev–Trinajstić information content (AvgIpc) is 2.81. The van der Waals surface area contributed by atoms with E-state index in [1.165, 1.54) is 6.42 Å². The summed E-state index contributed by atoms with van der Waals surface area (Å²) < 4.78 is 11.4. The van der Waals surface area contributed by atoms with E-state index in [1.807, 2.05) is 38.1 Å². The van der Waals surface area contributed by atoms with Crippen LogP contribution in [-0.4, -0.2) is 54.2 Å². The van der Waals surface area contributed by atoms with Gasteiger partial charge in [0.15, 0.2) is 0 Å². The minimum Gasteiger partial charge on any atom is -0.492 e. The summed E-state index contributed by atoms with van der Waals surface area (Å²) in [5, 5.41) is 7.12. The third-order valence-corrected chi connectivity index (χ3v) is 6.85. The van der Waals surface area contributed by atoms with Crippen LogP contribution in [0.1, 0.15) is 61.9 Å². The van der Waals surface area contributed by atoms with Crippen LogP contribution in [0, 0.1) is 0 Å². The highest BCUT2D eigenvalue weighted by molar-refractivity contribution is 6.33. The van der Waals surface area contributed by atoms with Crippen molar-refractivity contribution in [3.05, 3.63) is 46.6 Å². The monoisotopic (exact) mass is 486 g/mol. The molecule has 2 fully saturated rings. The maximum absolute atomic E-state index is 12.3. The first kappa shape index (κ1) is 24.6. The van der Waals surface area contributed by atoms with Crippen molar-refractivity contribution in [2.45, 2.75) is 64.6 Å². The summed E-state index contributed by atoms with van der Waals surface area (Å²) in [6, 6.07) is 8.49. The molecule has 4 rings (SSSR count). The van der Waals surface area contributed by atoms with Gasteiger partial charge in [-0.05, 0) is 75.8 Å². The Morgan fingerprint density at radius 3 is 2.26 bits per heavy atom. The van der Waals surface area contributed by atoms with Crippen molar-refractivity contribution in [2.24, 2.45) is 0 Å². The molecule has 8 heteroatoms. The van der Waals surface area contributed by atoms with E-state index in [0.29, 0.717) is 47.4 Å². The van der Waals surface area contributed by atoms with Crippen molar-refractivity contribution in [3.8, 4) is 11.5 Å². The van der Waals surface area contributed by atoms with Gasteiger partial charge in [0, 0.05) is 37.9 Å². The number of amides is 1. The molecule has 34 heavy (non-hydrogen) atoms. The van der Waals surface area contributed by atoms with E-state index in [2.05, 4.69) is 20.5 Å². The third-order valence-electron chi connectivity index (χ3n) is 6.48. The molecule has 0 spiro atoms. The molecule has 1 aromatic carbocycles. The standard InChI is InChI=1S/C26H35ClN4O3/c1-3-33-22-14-18(15-23(25(22)27)34-4-2)17-31-12-10-21(11-13-31)29-24-9-8-19(16-28-24)26(32)30-20-6-5-7-20/h8-9,14-16,20-21H,3-7,10-13,17H2,1-2H3,(H,28,29)(H,30,32). The molecule has 1 aromatic heterocycles. The normalized spacial score (nSPS) is 17.1. The Hall–Kier alpha value is -2.51. The molecule has 0 bridgehead atoms. The highest BCUT2D eigenvalue weighted by Gasteiger charge is 2.22. The van der Waals surface area contributed by atoms with Gasteiger partial charge in [0.25, 0.3) is 5.91 Å². The summed E-state index contributed by atoms with van der Waals surface area (Å²) >= 11 is 6.44. The zero-order chi connectivity index (χ0) is 23.9. The zero-order valence-corrected chi connectivity index (χ0v) is 20.9. The molecule has 1 amide bonds. The lowest BCUT2D eigenvalue weighted by Gasteiger charge is -2.32. The lowest BCUT2D eigenvalue weighted by Crippen LogP contribution is -2.39. The molecule has 2 heterocycles. The van der Waals surface area contributed by atoms with Crippen molar-refractivity contribution in [1.82, 2.24) is 15.2 Å². The fraction of sp³-hybridized carbons (Fsp3) is 0.538. The Labute approximate surface area is 207 Å². The number of nitrogens with one attached hydrogen (secondary N) is 2. The van der Waals surface area contributed by atoms with Gasteiger partial charge in [0.05, 0.1) is 18.8 Å². The smallest absolute Gasteiger partial charge is 0.253 e. The number of anilines is 1. The number of carbonyl (C=O) groups is 1. The number of carbonyl (C=O) groups excluding carboxylic acids is 1. The lowest BCUT2D eigenvalue weighted by molar-refractivity contribution is 0.0916. The molecule has 2 N–H and O–H groups in total. The summed E-state index contributed by atoms with van der Waals surface area (Å²) in [7, 11) is 0. The second kappa shape index (κ2) is 11.8. The number of hydrogen-bond acceptors (Lipinski definition) is 6. The average molecular weight is 487 g/mol. The Morgan fingerprint density at radius 2 is 1.74 bits per heavy atom. The van der Waals surface area contributed by atoms with E-state index in [9.17, 15) is 4.79 Å². The first-order valence-electron chi connectivity index (χ1n) is 12.4. The van der Waals surface area contributed by atoms with Gasteiger partial charge in [-0.15, -0.1) is 0 Å². The number of halogens is 1. The number of nitrogens with zero attached hydrogens (tertiary/aromatic N) is 2. The fourth-order valence-electron chi connectivity index (χ4n) is 4.38. The topological polar surface area (TPSA) is 75.7 Å². The Balaban J connectivity index is 1.27. The van der Waals surface area contributed by atoms with Crippen LogP contribution >= 0.6 is 11.6 Å². The predicted octanol–water partition coefficient (Wildman–Crippen LogP) is 4.89. The van der Waals surface area contributed by atoms with Gasteiger partial charge in [-0.3, -0.25) is 9.69 Å². The number of hydrogen-bond donors (Lipinski definition) is 2. The molecular formula is C26H35ClN4O3. The first-order chi connectivity index (χ1) is 16.6. The van der Waals surface area contributed by atoms with Crippen LogP contribution in [0.4, 0.5) is 5.82 Å². The van der Waals surface area contributed by atoms with Crippen LogP contribution in [0.5, 0.6) is 11.5 Å². The van der Waals surface area contributed by atoms with E-state index >= 15 is 0 Å². The number of piperidine rings is 1. The summed E-state index contributed by atoms with van der Waals surface area (Å²) in [6.07, 6.45) is 7.07. The van der Waals surface area contributed by atoms with Crippen molar-refractivity contribution in [1.29, 1.82) is 0 Å². The summed E-state index contributed by atoms with van der Waals surface area (Å²) in [4.78, 5) is 19.2. The van der Waals surface area contributed by atoms with E-state index < -0.39 is 0 Å². The van der Waals surface area contributed by atoms with Crippen molar-refractivity contribution in [2.75, 3.05) is 31.6 Å².